The Balaban J connectivity index is 1.84. The summed E-state index contributed by atoms with van der Waals surface area (Å²) in [6.07, 6.45) is 5.51. The number of rotatable bonds is 6. The van der Waals surface area contributed by atoms with Crippen LogP contribution in [0.2, 0.25) is 0 Å². The smallest absolute Gasteiger partial charge is 0.272 e. The fourth-order valence-electron chi connectivity index (χ4n) is 3.06. The highest BCUT2D eigenvalue weighted by molar-refractivity contribution is 8.17. The third-order valence-corrected chi connectivity index (χ3v) is 7.53. The average molecular weight is 394 g/mol. The molecule has 1 aromatic heterocycles. The Labute approximate surface area is 167 Å². The Kier molecular flexibility index (Phi) is 5.41. The van der Waals surface area contributed by atoms with Gasteiger partial charge in [0.1, 0.15) is 10.7 Å². The molecule has 0 amide bonds. The Hall–Kier alpha value is -2.37. The number of ether oxygens (including phenoxy) is 1. The molecule has 0 fully saturated rings. The highest BCUT2D eigenvalue weighted by atomic mass is 32.2. The zero-order valence-electron chi connectivity index (χ0n) is 14.6. The lowest BCUT2D eigenvalue weighted by atomic mass is 10.0. The van der Waals surface area contributed by atoms with Crippen molar-refractivity contribution in [2.75, 3.05) is 6.61 Å². The van der Waals surface area contributed by atoms with Crippen LogP contribution in [-0.2, 0) is 8.82 Å². The van der Waals surface area contributed by atoms with E-state index in [1.807, 2.05) is 54.7 Å². The summed E-state index contributed by atoms with van der Waals surface area (Å²) in [6, 6.07) is 24.7. The van der Waals surface area contributed by atoms with Crippen molar-refractivity contribution < 1.29 is 9.84 Å². The number of hydrogen-bond acceptors (Lipinski definition) is 5. The van der Waals surface area contributed by atoms with Crippen molar-refractivity contribution in [2.45, 2.75) is 13.9 Å². The summed E-state index contributed by atoms with van der Waals surface area (Å²) in [7, 11) is 0. The molecule has 1 atom stereocenters. The first kappa shape index (κ1) is 18.0. The summed E-state index contributed by atoms with van der Waals surface area (Å²) >= 11 is 3.54. The maximum absolute atomic E-state index is 9.95. The molecule has 0 spiro atoms. The maximum atomic E-state index is 9.95. The lowest BCUT2D eigenvalue weighted by molar-refractivity contribution is 0.107. The van der Waals surface area contributed by atoms with Gasteiger partial charge in [-0.3, -0.25) is 4.98 Å². The molecule has 2 aromatic carbocycles. The van der Waals surface area contributed by atoms with Gasteiger partial charge in [0.2, 0.25) is 0 Å². The molecular formula is C22H19NO2S2. The predicted octanol–water partition coefficient (Wildman–Crippen LogP) is 5.86. The van der Waals surface area contributed by atoms with E-state index in [2.05, 4.69) is 35.3 Å². The van der Waals surface area contributed by atoms with E-state index in [4.69, 9.17) is 4.74 Å². The summed E-state index contributed by atoms with van der Waals surface area (Å²) in [4.78, 5) is 6.69. The van der Waals surface area contributed by atoms with Crippen LogP contribution in [0, 0.1) is 5.92 Å². The molecule has 3 nitrogen and oxygen atoms in total. The molecule has 0 bridgehead atoms. The van der Waals surface area contributed by atoms with E-state index in [0.29, 0.717) is 6.61 Å². The van der Waals surface area contributed by atoms with Crippen molar-refractivity contribution >= 4 is 23.5 Å². The third-order valence-electron chi connectivity index (χ3n) is 4.33. The van der Waals surface area contributed by atoms with Crippen LogP contribution < -0.4 is 0 Å². The summed E-state index contributed by atoms with van der Waals surface area (Å²) in [5.41, 5.74) is 1.09. The van der Waals surface area contributed by atoms with E-state index >= 15 is 0 Å². The average Bonchev–Trinajstić information content (AvgIpc) is 3.16. The highest BCUT2D eigenvalue weighted by Crippen LogP contribution is 2.58. The Morgan fingerprint density at radius 3 is 2.00 bits per heavy atom. The molecule has 27 heavy (non-hydrogen) atoms. The molecule has 1 unspecified atom stereocenters. The van der Waals surface area contributed by atoms with Crippen molar-refractivity contribution in [3.63, 3.8) is 0 Å². The second-order valence-electron chi connectivity index (χ2n) is 6.16. The van der Waals surface area contributed by atoms with E-state index in [1.54, 1.807) is 29.7 Å². The third kappa shape index (κ3) is 3.99. The standard InChI is InChI=1S/C22H19NO2S2/c24-21-14-18(16-25-21)22(17-8-7-13-23-15-17,26-19-9-3-1-4-10-19)27-20-11-5-2-6-12-20/h1-15,18,24H,16H2. The number of pyridine rings is 1. The molecule has 1 aliphatic rings. The molecule has 5 heteroatoms. The minimum Gasteiger partial charge on any atom is -0.481 e. The van der Waals surface area contributed by atoms with Crippen molar-refractivity contribution in [1.29, 1.82) is 0 Å². The van der Waals surface area contributed by atoms with Gasteiger partial charge in [-0.25, -0.2) is 0 Å². The Morgan fingerprint density at radius 1 is 0.889 bits per heavy atom. The topological polar surface area (TPSA) is 42.4 Å². The van der Waals surface area contributed by atoms with Gasteiger partial charge < -0.3 is 9.84 Å². The lowest BCUT2D eigenvalue weighted by Crippen LogP contribution is -2.29. The summed E-state index contributed by atoms with van der Waals surface area (Å²) < 4.78 is 5.01. The van der Waals surface area contributed by atoms with Gasteiger partial charge in [0.25, 0.3) is 5.95 Å². The maximum Gasteiger partial charge on any atom is 0.272 e. The SMILES string of the molecule is OC1=CC(C(Sc2ccccc2)(Sc2ccccc2)c2cccnc2)CO1. The zero-order chi connectivity index (χ0) is 18.5. The fraction of sp³-hybridized carbons (Fsp3) is 0.136. The molecule has 0 radical (unpaired) electrons. The highest BCUT2D eigenvalue weighted by Gasteiger charge is 2.45. The molecule has 0 saturated heterocycles. The molecular weight excluding hydrogens is 374 g/mol. The molecule has 1 N–H and O–H groups in total. The first-order valence-electron chi connectivity index (χ1n) is 8.68. The Bertz CT molecular complexity index is 860. The summed E-state index contributed by atoms with van der Waals surface area (Å²) in [5, 5.41) is 9.95. The molecule has 2 heterocycles. The number of benzene rings is 2. The van der Waals surface area contributed by atoms with Crippen molar-refractivity contribution in [3.8, 4) is 0 Å². The van der Waals surface area contributed by atoms with Crippen LogP contribution in [-0.4, -0.2) is 16.7 Å². The van der Waals surface area contributed by atoms with Crippen molar-refractivity contribution in [3.05, 3.63) is 103 Å². The number of aliphatic hydroxyl groups is 1. The van der Waals surface area contributed by atoms with Crippen molar-refractivity contribution in [2.24, 2.45) is 5.92 Å². The molecule has 136 valence electrons. The van der Waals surface area contributed by atoms with Gasteiger partial charge >= 0.3 is 0 Å². The zero-order valence-corrected chi connectivity index (χ0v) is 16.2. The second kappa shape index (κ2) is 8.11. The number of aliphatic hydroxyl groups excluding tert-OH is 1. The number of hydrogen-bond donors (Lipinski definition) is 1. The van der Waals surface area contributed by atoms with Crippen molar-refractivity contribution in [1.82, 2.24) is 4.98 Å². The molecule has 0 aliphatic carbocycles. The van der Waals surface area contributed by atoms with Crippen LogP contribution in [0.5, 0.6) is 0 Å². The molecule has 3 aromatic rings. The molecule has 0 saturated carbocycles. The summed E-state index contributed by atoms with van der Waals surface area (Å²) in [6.45, 7) is 0.431. The van der Waals surface area contributed by atoms with Crippen LogP contribution in [0.1, 0.15) is 5.56 Å². The van der Waals surface area contributed by atoms with Crippen LogP contribution in [0.15, 0.2) is 107 Å². The molecule has 1 aliphatic heterocycles. The molecule has 4 rings (SSSR count). The monoisotopic (exact) mass is 393 g/mol. The first-order valence-corrected chi connectivity index (χ1v) is 10.3. The van der Waals surface area contributed by atoms with E-state index in [9.17, 15) is 5.11 Å². The number of nitrogens with zero attached hydrogens (tertiary/aromatic N) is 1. The van der Waals surface area contributed by atoms with Gasteiger partial charge in [-0.05, 0) is 35.9 Å². The van der Waals surface area contributed by atoms with Gasteiger partial charge in [0, 0.05) is 34.2 Å². The quantitative estimate of drug-likeness (QED) is 0.419. The Morgan fingerprint density at radius 2 is 1.52 bits per heavy atom. The van der Waals surface area contributed by atoms with E-state index in [0.717, 1.165) is 15.4 Å². The van der Waals surface area contributed by atoms with Crippen LogP contribution in [0.3, 0.4) is 0 Å². The number of aromatic nitrogens is 1. The van der Waals surface area contributed by atoms with Gasteiger partial charge in [-0.15, -0.1) is 23.5 Å². The predicted molar refractivity (Wildman–Crippen MR) is 111 cm³/mol. The van der Waals surface area contributed by atoms with Gasteiger partial charge in [0.05, 0.1) is 0 Å². The minimum atomic E-state index is -0.429. The normalized spacial score (nSPS) is 16.6. The van der Waals surface area contributed by atoms with E-state index in [-0.39, 0.29) is 11.9 Å². The van der Waals surface area contributed by atoms with Gasteiger partial charge in [-0.2, -0.15) is 0 Å². The van der Waals surface area contributed by atoms with Gasteiger partial charge in [0.15, 0.2) is 0 Å². The largest absolute Gasteiger partial charge is 0.481 e. The fourth-order valence-corrected chi connectivity index (χ4v) is 6.15. The van der Waals surface area contributed by atoms with Crippen LogP contribution in [0.25, 0.3) is 0 Å². The van der Waals surface area contributed by atoms with E-state index < -0.39 is 4.08 Å². The first-order chi connectivity index (χ1) is 13.3. The lowest BCUT2D eigenvalue weighted by Gasteiger charge is -2.36. The van der Waals surface area contributed by atoms with Crippen LogP contribution in [0.4, 0.5) is 0 Å². The number of thioether (sulfide) groups is 2. The van der Waals surface area contributed by atoms with Crippen LogP contribution >= 0.6 is 23.5 Å². The van der Waals surface area contributed by atoms with E-state index in [1.165, 1.54) is 0 Å². The minimum absolute atomic E-state index is 0.00408. The van der Waals surface area contributed by atoms with Gasteiger partial charge in [-0.1, -0.05) is 42.5 Å². The second-order valence-corrected chi connectivity index (χ2v) is 9.06. The summed E-state index contributed by atoms with van der Waals surface area (Å²) in [5.74, 6) is -0.0206.